The number of rotatable bonds is 0. The molecule has 1 spiro atoms. The van der Waals surface area contributed by atoms with Gasteiger partial charge in [-0.2, -0.15) is 0 Å². The maximum atomic E-state index is 3.28. The minimum Gasteiger partial charge on any atom is -0.304 e. The molecule has 1 nitrogen and oxygen atoms in total. The zero-order valence-electron chi connectivity index (χ0n) is 4.41. The molecule has 0 aromatic heterocycles. The molecule has 2 fully saturated rings. The van der Waals surface area contributed by atoms with Crippen molar-refractivity contribution in [3.8, 4) is 0 Å². The molecule has 2 aliphatic rings. The van der Waals surface area contributed by atoms with Crippen molar-refractivity contribution < 1.29 is 0 Å². The van der Waals surface area contributed by atoms with Crippen molar-refractivity contribution in [3.05, 3.63) is 6.54 Å². The van der Waals surface area contributed by atoms with Crippen molar-refractivity contribution in [3.63, 3.8) is 0 Å². The predicted octanol–water partition coefficient (Wildman–Crippen LogP) is 1.06. The van der Waals surface area contributed by atoms with Crippen LogP contribution < -0.4 is 5.32 Å². The minimum absolute atomic E-state index is 0.569. The van der Waals surface area contributed by atoms with Gasteiger partial charge in [0, 0.05) is 12.1 Å². The van der Waals surface area contributed by atoms with Crippen LogP contribution in [-0.4, -0.2) is 5.54 Å². The molecule has 1 heterocycles. The Labute approximate surface area is 44.1 Å². The second kappa shape index (κ2) is 1.03. The number of nitrogens with one attached hydrogen (secondary N) is 1. The second-order valence-corrected chi connectivity index (χ2v) is 2.65. The standard InChI is InChI=1S/C6H10N/c1-2-4-6(3-1)5-7-6/h5,7H,1-4H2. The first kappa shape index (κ1) is 3.90. The molecule has 0 unspecified atom stereocenters. The van der Waals surface area contributed by atoms with Crippen LogP contribution in [-0.2, 0) is 0 Å². The highest BCUT2D eigenvalue weighted by atomic mass is 15.2. The number of hydrogen-bond donors (Lipinski definition) is 1. The Morgan fingerprint density at radius 2 is 1.86 bits per heavy atom. The molecule has 1 radical (unpaired) electrons. The van der Waals surface area contributed by atoms with E-state index in [2.05, 4.69) is 11.9 Å². The summed E-state index contributed by atoms with van der Waals surface area (Å²) in [5.74, 6) is 0. The summed E-state index contributed by atoms with van der Waals surface area (Å²) in [5.41, 5.74) is 0.569. The summed E-state index contributed by atoms with van der Waals surface area (Å²) >= 11 is 0. The summed E-state index contributed by atoms with van der Waals surface area (Å²) in [7, 11) is 0. The van der Waals surface area contributed by atoms with Gasteiger partial charge in [-0.1, -0.05) is 12.8 Å². The van der Waals surface area contributed by atoms with Gasteiger partial charge in [0.15, 0.2) is 0 Å². The van der Waals surface area contributed by atoms with Crippen LogP contribution in [0.15, 0.2) is 0 Å². The van der Waals surface area contributed by atoms with E-state index in [9.17, 15) is 0 Å². The summed E-state index contributed by atoms with van der Waals surface area (Å²) in [6.07, 6.45) is 5.66. The lowest BCUT2D eigenvalue weighted by Gasteiger charge is -1.95. The maximum absolute atomic E-state index is 3.28. The fraction of sp³-hybridized carbons (Fsp3) is 0.833. The van der Waals surface area contributed by atoms with Crippen molar-refractivity contribution in [2.45, 2.75) is 31.2 Å². The second-order valence-electron chi connectivity index (χ2n) is 2.65. The van der Waals surface area contributed by atoms with E-state index in [1.54, 1.807) is 0 Å². The molecule has 7 heavy (non-hydrogen) atoms. The van der Waals surface area contributed by atoms with Crippen LogP contribution in [0.4, 0.5) is 0 Å². The SMILES string of the molecule is [CH]1NC12CCCC2. The summed E-state index contributed by atoms with van der Waals surface area (Å²) in [4.78, 5) is 0. The molecule has 0 aromatic rings. The zero-order valence-corrected chi connectivity index (χ0v) is 4.41. The molecule has 1 saturated heterocycles. The first-order chi connectivity index (χ1) is 3.41. The van der Waals surface area contributed by atoms with Crippen LogP contribution in [0.5, 0.6) is 0 Å². The van der Waals surface area contributed by atoms with E-state index in [0.29, 0.717) is 5.54 Å². The Kier molecular flexibility index (Phi) is 0.571. The molecule has 1 N–H and O–H groups in total. The predicted molar refractivity (Wildman–Crippen MR) is 28.6 cm³/mol. The lowest BCUT2D eigenvalue weighted by molar-refractivity contribution is 0.665. The van der Waals surface area contributed by atoms with Crippen LogP contribution in [0.25, 0.3) is 0 Å². The zero-order chi connectivity index (χ0) is 4.74. The van der Waals surface area contributed by atoms with E-state index in [1.165, 1.54) is 25.7 Å². The largest absolute Gasteiger partial charge is 0.304 e. The molecular weight excluding hydrogens is 86.1 g/mol. The summed E-state index contributed by atoms with van der Waals surface area (Å²) in [6, 6.07) is 0. The molecule has 0 aromatic carbocycles. The average molecular weight is 96.2 g/mol. The lowest BCUT2D eigenvalue weighted by Crippen LogP contribution is -2.05. The third-order valence-corrected chi connectivity index (χ3v) is 2.05. The fourth-order valence-corrected chi connectivity index (χ4v) is 1.40. The molecule has 39 valence electrons. The first-order valence-corrected chi connectivity index (χ1v) is 3.03. The fourth-order valence-electron chi connectivity index (χ4n) is 1.40. The topological polar surface area (TPSA) is 21.9 Å². The summed E-state index contributed by atoms with van der Waals surface area (Å²) in [5, 5.41) is 3.28. The van der Waals surface area contributed by atoms with Crippen LogP contribution in [0, 0.1) is 6.54 Å². The van der Waals surface area contributed by atoms with Crippen molar-refractivity contribution in [2.24, 2.45) is 0 Å². The van der Waals surface area contributed by atoms with Crippen LogP contribution in [0.1, 0.15) is 25.7 Å². The maximum Gasteiger partial charge on any atom is 0.0428 e. The average Bonchev–Trinajstić information content (AvgIpc) is 2.15. The Hall–Kier alpha value is -0.0400. The molecule has 2 rings (SSSR count). The van der Waals surface area contributed by atoms with Gasteiger partial charge in [-0.05, 0) is 12.8 Å². The molecule has 0 amide bonds. The molecule has 0 atom stereocenters. The van der Waals surface area contributed by atoms with Gasteiger partial charge in [-0.3, -0.25) is 0 Å². The van der Waals surface area contributed by atoms with Gasteiger partial charge < -0.3 is 5.32 Å². The van der Waals surface area contributed by atoms with Gasteiger partial charge in [-0.15, -0.1) is 0 Å². The van der Waals surface area contributed by atoms with Crippen LogP contribution in [0.2, 0.25) is 0 Å². The van der Waals surface area contributed by atoms with Crippen molar-refractivity contribution >= 4 is 0 Å². The van der Waals surface area contributed by atoms with E-state index in [4.69, 9.17) is 0 Å². The summed E-state index contributed by atoms with van der Waals surface area (Å²) in [6.45, 7) is 2.24. The molecule has 1 heteroatoms. The van der Waals surface area contributed by atoms with E-state index < -0.39 is 0 Å². The highest BCUT2D eigenvalue weighted by Gasteiger charge is 2.44. The molecule has 1 aliphatic heterocycles. The van der Waals surface area contributed by atoms with Crippen molar-refractivity contribution in [1.29, 1.82) is 0 Å². The molecule has 1 aliphatic carbocycles. The normalized spacial score (nSPS) is 34.3. The van der Waals surface area contributed by atoms with Crippen LogP contribution >= 0.6 is 0 Å². The molecule has 0 bridgehead atoms. The molecule has 1 saturated carbocycles. The highest BCUT2D eigenvalue weighted by Crippen LogP contribution is 2.39. The van der Waals surface area contributed by atoms with Crippen molar-refractivity contribution in [2.75, 3.05) is 0 Å². The third kappa shape index (κ3) is 0.480. The quantitative estimate of drug-likeness (QED) is 0.447. The van der Waals surface area contributed by atoms with Gasteiger partial charge in [0.25, 0.3) is 0 Å². The van der Waals surface area contributed by atoms with E-state index in [1.807, 2.05) is 0 Å². The number of hydrogen-bond acceptors (Lipinski definition) is 1. The minimum atomic E-state index is 0.569. The van der Waals surface area contributed by atoms with E-state index in [0.717, 1.165) is 0 Å². The molecular formula is C6H10N. The smallest absolute Gasteiger partial charge is 0.0428 e. The Bertz CT molecular complexity index is 76.2. The van der Waals surface area contributed by atoms with Gasteiger partial charge in [0.2, 0.25) is 0 Å². The Morgan fingerprint density at radius 1 is 1.29 bits per heavy atom. The van der Waals surface area contributed by atoms with Gasteiger partial charge in [0.05, 0.1) is 0 Å². The van der Waals surface area contributed by atoms with Gasteiger partial charge >= 0.3 is 0 Å². The van der Waals surface area contributed by atoms with Gasteiger partial charge in [-0.25, -0.2) is 0 Å². The Balaban J connectivity index is 2.07. The lowest BCUT2D eigenvalue weighted by atomic mass is 10.1. The van der Waals surface area contributed by atoms with E-state index in [-0.39, 0.29) is 0 Å². The van der Waals surface area contributed by atoms with E-state index >= 15 is 0 Å². The first-order valence-electron chi connectivity index (χ1n) is 3.03. The van der Waals surface area contributed by atoms with Crippen molar-refractivity contribution in [1.82, 2.24) is 5.32 Å². The van der Waals surface area contributed by atoms with Crippen LogP contribution in [0.3, 0.4) is 0 Å². The monoisotopic (exact) mass is 96.1 g/mol. The Morgan fingerprint density at radius 3 is 2.14 bits per heavy atom. The summed E-state index contributed by atoms with van der Waals surface area (Å²) < 4.78 is 0. The van der Waals surface area contributed by atoms with Gasteiger partial charge in [0.1, 0.15) is 0 Å². The third-order valence-electron chi connectivity index (χ3n) is 2.05. The highest BCUT2D eigenvalue weighted by molar-refractivity contribution is 5.16.